The third-order valence-corrected chi connectivity index (χ3v) is 2.86. The van der Waals surface area contributed by atoms with Crippen LogP contribution in [0.15, 0.2) is 0 Å². The first-order chi connectivity index (χ1) is 5.17. The Bertz CT molecular complexity index is 80.0. The molecule has 2 atom stereocenters. The summed E-state index contributed by atoms with van der Waals surface area (Å²) in [5.41, 5.74) is 0. The highest BCUT2D eigenvalue weighted by molar-refractivity contribution is 4.73. The van der Waals surface area contributed by atoms with Gasteiger partial charge >= 0.3 is 0 Å². The molecule has 0 nitrogen and oxygen atoms in total. The highest BCUT2D eigenvalue weighted by Crippen LogP contribution is 2.28. The van der Waals surface area contributed by atoms with E-state index in [1.807, 2.05) is 0 Å². The maximum absolute atomic E-state index is 4.13. The lowest BCUT2D eigenvalue weighted by Crippen LogP contribution is -2.18. The van der Waals surface area contributed by atoms with E-state index in [1.165, 1.54) is 19.3 Å². The van der Waals surface area contributed by atoms with Gasteiger partial charge < -0.3 is 0 Å². The van der Waals surface area contributed by atoms with Gasteiger partial charge in [-0.1, -0.05) is 53.9 Å². The molecule has 0 rings (SSSR count). The minimum Gasteiger partial charge on any atom is -0.0651 e. The second kappa shape index (κ2) is 5.62. The topological polar surface area (TPSA) is 0 Å². The first kappa shape index (κ1) is 11.0. The molecule has 67 valence electrons. The molecule has 0 heteroatoms. The van der Waals surface area contributed by atoms with Gasteiger partial charge in [0.25, 0.3) is 0 Å². The molecular weight excluding hydrogens is 132 g/mol. The van der Waals surface area contributed by atoms with Gasteiger partial charge in [0.1, 0.15) is 0 Å². The van der Waals surface area contributed by atoms with Gasteiger partial charge in [-0.2, -0.15) is 0 Å². The molecule has 11 heavy (non-hydrogen) atoms. The maximum Gasteiger partial charge on any atom is -0.0363 e. The van der Waals surface area contributed by atoms with Crippen LogP contribution in [0.1, 0.15) is 47.0 Å². The number of hydrogen-bond acceptors (Lipinski definition) is 0. The first-order valence-electron chi connectivity index (χ1n) is 5.00. The summed E-state index contributed by atoms with van der Waals surface area (Å²) in [4.78, 5) is 0. The standard InChI is InChI=1S/C11H23/c1-6-10(7-2)11(8-3)9(4)5/h9-11H,4,6-8H2,1-3,5H3. The quantitative estimate of drug-likeness (QED) is 0.564. The molecule has 0 aromatic carbocycles. The van der Waals surface area contributed by atoms with Gasteiger partial charge in [-0.05, 0) is 17.8 Å². The van der Waals surface area contributed by atoms with Crippen LogP contribution >= 0.6 is 0 Å². The third-order valence-electron chi connectivity index (χ3n) is 2.86. The minimum atomic E-state index is 0.616. The molecule has 1 radical (unpaired) electrons. The average molecular weight is 155 g/mol. The van der Waals surface area contributed by atoms with Crippen molar-refractivity contribution in [2.45, 2.75) is 47.0 Å². The predicted octanol–water partition coefficient (Wildman–Crippen LogP) is 3.92. The Morgan fingerprint density at radius 2 is 1.45 bits per heavy atom. The second-order valence-electron chi connectivity index (χ2n) is 3.63. The van der Waals surface area contributed by atoms with Gasteiger partial charge in [0.2, 0.25) is 0 Å². The molecule has 0 aromatic rings. The van der Waals surface area contributed by atoms with Gasteiger partial charge in [0.15, 0.2) is 0 Å². The zero-order valence-corrected chi connectivity index (χ0v) is 8.56. The molecule has 0 aliphatic rings. The molecule has 0 aromatic heterocycles. The normalized spacial score (nSPS) is 14.5. The van der Waals surface area contributed by atoms with Crippen molar-refractivity contribution in [3.8, 4) is 0 Å². The predicted molar refractivity (Wildman–Crippen MR) is 52.4 cm³/mol. The fraction of sp³-hybridized carbons (Fsp3) is 0.909. The van der Waals surface area contributed by atoms with E-state index in [0.717, 1.165) is 11.8 Å². The van der Waals surface area contributed by atoms with E-state index in [9.17, 15) is 0 Å². The fourth-order valence-corrected chi connectivity index (χ4v) is 2.09. The van der Waals surface area contributed by atoms with Crippen LogP contribution in [0.3, 0.4) is 0 Å². The molecule has 0 saturated carbocycles. The van der Waals surface area contributed by atoms with Crippen molar-refractivity contribution in [2.24, 2.45) is 17.8 Å². The van der Waals surface area contributed by atoms with E-state index in [1.54, 1.807) is 0 Å². The second-order valence-corrected chi connectivity index (χ2v) is 3.63. The molecule has 0 amide bonds. The zero-order chi connectivity index (χ0) is 8.85. The Balaban J connectivity index is 3.98. The van der Waals surface area contributed by atoms with E-state index >= 15 is 0 Å². The van der Waals surface area contributed by atoms with Gasteiger partial charge in [-0.3, -0.25) is 0 Å². The Labute approximate surface area is 72.4 Å². The minimum absolute atomic E-state index is 0.616. The lowest BCUT2D eigenvalue weighted by atomic mass is 9.79. The smallest absolute Gasteiger partial charge is 0.0363 e. The lowest BCUT2D eigenvalue weighted by Gasteiger charge is -2.27. The fourth-order valence-electron chi connectivity index (χ4n) is 2.09. The van der Waals surface area contributed by atoms with Crippen LogP contribution in [0.2, 0.25) is 0 Å². The van der Waals surface area contributed by atoms with Crippen molar-refractivity contribution >= 4 is 0 Å². The molecule has 0 N–H and O–H groups in total. The van der Waals surface area contributed by atoms with Crippen molar-refractivity contribution in [2.75, 3.05) is 0 Å². The van der Waals surface area contributed by atoms with Crippen molar-refractivity contribution < 1.29 is 0 Å². The monoisotopic (exact) mass is 155 g/mol. The van der Waals surface area contributed by atoms with Gasteiger partial charge in [-0.15, -0.1) is 0 Å². The van der Waals surface area contributed by atoms with Gasteiger partial charge in [0, 0.05) is 0 Å². The van der Waals surface area contributed by atoms with E-state index in [4.69, 9.17) is 0 Å². The van der Waals surface area contributed by atoms with Crippen molar-refractivity contribution in [1.29, 1.82) is 0 Å². The molecule has 0 aliphatic carbocycles. The molecule has 0 spiro atoms. The molecule has 0 heterocycles. The molecule has 2 unspecified atom stereocenters. The Hall–Kier alpha value is 0. The highest BCUT2D eigenvalue weighted by atomic mass is 14.2. The molecule has 0 aliphatic heterocycles. The summed E-state index contributed by atoms with van der Waals surface area (Å²) >= 11 is 0. The summed E-state index contributed by atoms with van der Waals surface area (Å²) in [6, 6.07) is 0. The van der Waals surface area contributed by atoms with Crippen LogP contribution in [0, 0.1) is 24.7 Å². The Morgan fingerprint density at radius 3 is 1.55 bits per heavy atom. The van der Waals surface area contributed by atoms with E-state index in [0.29, 0.717) is 5.92 Å². The van der Waals surface area contributed by atoms with E-state index in [-0.39, 0.29) is 0 Å². The van der Waals surface area contributed by atoms with E-state index < -0.39 is 0 Å². The summed E-state index contributed by atoms with van der Waals surface area (Å²) in [7, 11) is 0. The van der Waals surface area contributed by atoms with Crippen LogP contribution in [-0.2, 0) is 0 Å². The number of rotatable bonds is 5. The van der Waals surface area contributed by atoms with Crippen molar-refractivity contribution in [3.05, 3.63) is 6.92 Å². The number of hydrogen-bond donors (Lipinski definition) is 0. The Kier molecular flexibility index (Phi) is 5.62. The summed E-state index contributed by atoms with van der Waals surface area (Å²) in [5, 5.41) is 0. The van der Waals surface area contributed by atoms with Crippen molar-refractivity contribution in [1.82, 2.24) is 0 Å². The zero-order valence-electron chi connectivity index (χ0n) is 8.56. The van der Waals surface area contributed by atoms with Crippen LogP contribution in [-0.4, -0.2) is 0 Å². The van der Waals surface area contributed by atoms with Crippen LogP contribution < -0.4 is 0 Å². The van der Waals surface area contributed by atoms with Crippen LogP contribution in [0.4, 0.5) is 0 Å². The summed E-state index contributed by atoms with van der Waals surface area (Å²) in [5.74, 6) is 2.35. The third kappa shape index (κ3) is 3.27. The largest absolute Gasteiger partial charge is 0.0651 e. The van der Waals surface area contributed by atoms with Gasteiger partial charge in [-0.25, -0.2) is 0 Å². The van der Waals surface area contributed by atoms with Crippen LogP contribution in [0.5, 0.6) is 0 Å². The first-order valence-corrected chi connectivity index (χ1v) is 5.00. The molecule has 0 bridgehead atoms. The molecule has 0 fully saturated rings. The summed E-state index contributed by atoms with van der Waals surface area (Å²) in [6.07, 6.45) is 3.92. The average Bonchev–Trinajstić information content (AvgIpc) is 1.99. The van der Waals surface area contributed by atoms with Crippen molar-refractivity contribution in [3.63, 3.8) is 0 Å². The summed E-state index contributed by atoms with van der Waals surface area (Å²) < 4.78 is 0. The lowest BCUT2D eigenvalue weighted by molar-refractivity contribution is 0.249. The van der Waals surface area contributed by atoms with E-state index in [2.05, 4.69) is 34.6 Å². The SMILES string of the molecule is [CH2]C(C)C(CC)C(CC)CC. The molecule has 0 saturated heterocycles. The Morgan fingerprint density at radius 1 is 1.00 bits per heavy atom. The summed E-state index contributed by atoms with van der Waals surface area (Å²) in [6.45, 7) is 13.2. The van der Waals surface area contributed by atoms with Crippen LogP contribution in [0.25, 0.3) is 0 Å². The maximum atomic E-state index is 4.13. The highest BCUT2D eigenvalue weighted by Gasteiger charge is 2.19. The molecular formula is C11H23. The van der Waals surface area contributed by atoms with Gasteiger partial charge in [0.05, 0.1) is 0 Å².